The molecular formula is C19H13N3O3. The molecule has 0 fully saturated rings. The molecule has 0 spiro atoms. The summed E-state index contributed by atoms with van der Waals surface area (Å²) in [7, 11) is 0. The summed E-state index contributed by atoms with van der Waals surface area (Å²) in [6, 6.07) is 20.1. The van der Waals surface area contributed by atoms with Crippen LogP contribution in [0, 0.1) is 21.4 Å². The number of hydrogen-bond acceptors (Lipinski definition) is 4. The van der Waals surface area contributed by atoms with E-state index in [0.29, 0.717) is 0 Å². The van der Waals surface area contributed by atoms with Crippen molar-refractivity contribution in [1.29, 1.82) is 5.26 Å². The van der Waals surface area contributed by atoms with Crippen LogP contribution in [0.2, 0.25) is 0 Å². The van der Waals surface area contributed by atoms with Gasteiger partial charge in [-0.2, -0.15) is 5.26 Å². The van der Waals surface area contributed by atoms with Crippen LogP contribution < -0.4 is 5.56 Å². The third kappa shape index (κ3) is 3.46. The fourth-order valence-electron chi connectivity index (χ4n) is 2.55. The molecule has 0 atom stereocenters. The van der Waals surface area contributed by atoms with Gasteiger partial charge in [0.25, 0.3) is 11.2 Å². The molecule has 0 N–H and O–H groups in total. The lowest BCUT2D eigenvalue weighted by molar-refractivity contribution is -0.385. The van der Waals surface area contributed by atoms with Gasteiger partial charge >= 0.3 is 0 Å². The molecule has 0 saturated carbocycles. The third-order valence-corrected chi connectivity index (χ3v) is 3.82. The predicted octanol–water partition coefficient (Wildman–Crippen LogP) is 3.34. The smallest absolute Gasteiger partial charge is 0.287 e. The number of rotatable bonds is 4. The van der Waals surface area contributed by atoms with Crippen LogP contribution in [0.3, 0.4) is 0 Å². The minimum absolute atomic E-state index is 0.157. The van der Waals surface area contributed by atoms with Gasteiger partial charge in [-0.25, -0.2) is 0 Å². The first-order valence-corrected chi connectivity index (χ1v) is 7.52. The van der Waals surface area contributed by atoms with Crippen LogP contribution in [0.5, 0.6) is 0 Å². The van der Waals surface area contributed by atoms with Gasteiger partial charge in [-0.15, -0.1) is 0 Å². The Morgan fingerprint density at radius 2 is 1.68 bits per heavy atom. The van der Waals surface area contributed by atoms with E-state index in [-0.39, 0.29) is 17.8 Å². The first-order valence-electron chi connectivity index (χ1n) is 7.52. The standard InChI is InChI=1S/C19H13N3O3/c20-11-17-10-18(22(24)25)13-21(19(17)23)12-14-6-8-16(9-7-14)15-4-2-1-3-5-15/h1-10,13H,12H2. The minimum atomic E-state index is -0.616. The van der Waals surface area contributed by atoms with E-state index in [1.807, 2.05) is 54.6 Å². The maximum atomic E-state index is 12.2. The van der Waals surface area contributed by atoms with Crippen LogP contribution in [-0.4, -0.2) is 9.49 Å². The van der Waals surface area contributed by atoms with Crippen molar-refractivity contribution in [3.63, 3.8) is 0 Å². The second-order valence-electron chi connectivity index (χ2n) is 5.48. The van der Waals surface area contributed by atoms with Gasteiger partial charge in [-0.3, -0.25) is 14.9 Å². The van der Waals surface area contributed by atoms with Gasteiger partial charge in [0.05, 0.1) is 17.7 Å². The summed E-state index contributed by atoms with van der Waals surface area (Å²) in [4.78, 5) is 22.5. The Morgan fingerprint density at radius 3 is 2.28 bits per heavy atom. The van der Waals surface area contributed by atoms with E-state index in [0.717, 1.165) is 29.0 Å². The molecule has 1 heterocycles. The average Bonchev–Trinajstić information content (AvgIpc) is 2.64. The van der Waals surface area contributed by atoms with Crippen molar-refractivity contribution in [2.24, 2.45) is 0 Å². The van der Waals surface area contributed by atoms with Gasteiger partial charge in [0.15, 0.2) is 0 Å². The lowest BCUT2D eigenvalue weighted by Gasteiger charge is -2.08. The topological polar surface area (TPSA) is 88.9 Å². The monoisotopic (exact) mass is 331 g/mol. The number of hydrogen-bond donors (Lipinski definition) is 0. The molecule has 2 aromatic carbocycles. The number of benzene rings is 2. The maximum absolute atomic E-state index is 12.2. The van der Waals surface area contributed by atoms with Gasteiger partial charge in [-0.1, -0.05) is 54.6 Å². The highest BCUT2D eigenvalue weighted by atomic mass is 16.6. The second-order valence-corrected chi connectivity index (χ2v) is 5.48. The first kappa shape index (κ1) is 16.1. The molecule has 25 heavy (non-hydrogen) atoms. The SMILES string of the molecule is N#Cc1cc([N+](=O)[O-])cn(Cc2ccc(-c3ccccc3)cc2)c1=O. The van der Waals surface area contributed by atoms with Crippen molar-refractivity contribution in [2.75, 3.05) is 0 Å². The summed E-state index contributed by atoms with van der Waals surface area (Å²) < 4.78 is 1.19. The van der Waals surface area contributed by atoms with E-state index in [2.05, 4.69) is 0 Å². The van der Waals surface area contributed by atoms with Crippen molar-refractivity contribution < 1.29 is 4.92 Å². The van der Waals surface area contributed by atoms with Crippen LogP contribution in [0.15, 0.2) is 71.7 Å². The van der Waals surface area contributed by atoms with Crippen molar-refractivity contribution in [3.05, 3.63) is 98.5 Å². The van der Waals surface area contributed by atoms with Crippen molar-refractivity contribution in [3.8, 4) is 17.2 Å². The Kier molecular flexibility index (Phi) is 4.40. The van der Waals surface area contributed by atoms with E-state index in [4.69, 9.17) is 5.26 Å². The third-order valence-electron chi connectivity index (χ3n) is 3.82. The Hall–Kier alpha value is -3.72. The lowest BCUT2D eigenvalue weighted by atomic mass is 10.0. The van der Waals surface area contributed by atoms with E-state index in [1.54, 1.807) is 6.07 Å². The number of nitriles is 1. The second kappa shape index (κ2) is 6.81. The molecule has 0 saturated heterocycles. The van der Waals surface area contributed by atoms with E-state index >= 15 is 0 Å². The molecule has 0 aliphatic heterocycles. The summed E-state index contributed by atoms with van der Waals surface area (Å²) in [6.45, 7) is 0.157. The summed E-state index contributed by atoms with van der Waals surface area (Å²) in [5, 5.41) is 20.0. The summed E-state index contributed by atoms with van der Waals surface area (Å²) in [5.74, 6) is 0. The zero-order valence-electron chi connectivity index (χ0n) is 13.1. The highest BCUT2D eigenvalue weighted by Crippen LogP contribution is 2.19. The lowest BCUT2D eigenvalue weighted by Crippen LogP contribution is -2.23. The van der Waals surface area contributed by atoms with Crippen LogP contribution in [0.1, 0.15) is 11.1 Å². The maximum Gasteiger partial charge on any atom is 0.287 e. The first-order chi connectivity index (χ1) is 12.1. The molecule has 6 heteroatoms. The molecule has 0 unspecified atom stereocenters. The molecule has 0 aliphatic rings. The molecule has 6 nitrogen and oxygen atoms in total. The van der Waals surface area contributed by atoms with Crippen molar-refractivity contribution >= 4 is 5.69 Å². The minimum Gasteiger partial charge on any atom is -0.303 e. The van der Waals surface area contributed by atoms with Crippen LogP contribution in [0.25, 0.3) is 11.1 Å². The van der Waals surface area contributed by atoms with Gasteiger partial charge < -0.3 is 4.57 Å². The Morgan fingerprint density at radius 1 is 1.04 bits per heavy atom. The summed E-state index contributed by atoms with van der Waals surface area (Å²) >= 11 is 0. The summed E-state index contributed by atoms with van der Waals surface area (Å²) in [6.07, 6.45) is 1.16. The average molecular weight is 331 g/mol. The molecule has 0 radical (unpaired) electrons. The van der Waals surface area contributed by atoms with Crippen LogP contribution in [-0.2, 0) is 6.54 Å². The van der Waals surface area contributed by atoms with E-state index < -0.39 is 10.5 Å². The fourth-order valence-corrected chi connectivity index (χ4v) is 2.55. The zero-order valence-corrected chi connectivity index (χ0v) is 13.1. The van der Waals surface area contributed by atoms with Crippen LogP contribution >= 0.6 is 0 Å². The van der Waals surface area contributed by atoms with Gasteiger partial charge in [-0.05, 0) is 16.7 Å². The molecule has 3 aromatic rings. The van der Waals surface area contributed by atoms with Crippen molar-refractivity contribution in [2.45, 2.75) is 6.54 Å². The normalized spacial score (nSPS) is 10.2. The van der Waals surface area contributed by atoms with Gasteiger partial charge in [0.2, 0.25) is 0 Å². The van der Waals surface area contributed by atoms with Gasteiger partial charge in [0, 0.05) is 6.07 Å². The van der Waals surface area contributed by atoms with Crippen molar-refractivity contribution in [1.82, 2.24) is 4.57 Å². The van der Waals surface area contributed by atoms with Gasteiger partial charge in [0.1, 0.15) is 11.6 Å². The quantitative estimate of drug-likeness (QED) is 0.542. The number of nitrogens with zero attached hydrogens (tertiary/aromatic N) is 3. The predicted molar refractivity (Wildman–Crippen MR) is 93.1 cm³/mol. The van der Waals surface area contributed by atoms with E-state index in [9.17, 15) is 14.9 Å². The molecule has 0 amide bonds. The molecular weight excluding hydrogens is 318 g/mol. The number of pyridine rings is 1. The molecule has 1 aromatic heterocycles. The molecule has 0 bridgehead atoms. The Bertz CT molecular complexity index is 1020. The number of nitro groups is 1. The Labute approximate surface area is 143 Å². The van der Waals surface area contributed by atoms with E-state index in [1.165, 1.54) is 4.57 Å². The fraction of sp³-hybridized carbons (Fsp3) is 0.0526. The molecule has 3 rings (SSSR count). The number of aromatic nitrogens is 1. The zero-order chi connectivity index (χ0) is 17.8. The summed E-state index contributed by atoms with van der Waals surface area (Å²) in [5.41, 5.74) is 1.86. The largest absolute Gasteiger partial charge is 0.303 e. The highest BCUT2D eigenvalue weighted by molar-refractivity contribution is 5.63. The molecule has 0 aliphatic carbocycles. The highest BCUT2D eigenvalue weighted by Gasteiger charge is 2.13. The van der Waals surface area contributed by atoms with Crippen LogP contribution in [0.4, 0.5) is 5.69 Å². The Balaban J connectivity index is 1.93. The molecule has 122 valence electrons.